The van der Waals surface area contributed by atoms with E-state index in [2.05, 4.69) is 13.8 Å². The van der Waals surface area contributed by atoms with Crippen LogP contribution in [0.1, 0.15) is 33.1 Å². The van der Waals surface area contributed by atoms with Gasteiger partial charge in [0.2, 0.25) is 0 Å². The molecule has 1 heteroatoms. The molecule has 0 aromatic rings. The average Bonchev–Trinajstić information content (AvgIpc) is 2.62. The molecule has 0 aromatic heterocycles. The van der Waals surface area contributed by atoms with Crippen LogP contribution in [0.4, 0.5) is 0 Å². The van der Waals surface area contributed by atoms with E-state index in [1.54, 1.807) is 0 Å². The van der Waals surface area contributed by atoms with Crippen LogP contribution < -0.4 is 0 Å². The first-order valence-electron chi connectivity index (χ1n) is 4.15. The fourth-order valence-electron chi connectivity index (χ4n) is 1.61. The molecule has 0 radical (unpaired) electrons. The van der Waals surface area contributed by atoms with E-state index in [1.807, 2.05) is 0 Å². The van der Waals surface area contributed by atoms with E-state index in [-0.39, 0.29) is 0 Å². The van der Waals surface area contributed by atoms with E-state index in [9.17, 15) is 4.79 Å². The Hall–Kier alpha value is -0.330. The van der Waals surface area contributed by atoms with Gasteiger partial charge < -0.3 is 0 Å². The lowest BCUT2D eigenvalue weighted by Crippen LogP contribution is -2.07. The van der Waals surface area contributed by atoms with Crippen LogP contribution in [0.3, 0.4) is 0 Å². The molecule has 56 valence electrons. The summed E-state index contributed by atoms with van der Waals surface area (Å²) in [5, 5.41) is 0. The van der Waals surface area contributed by atoms with Crippen molar-refractivity contribution in [3.8, 4) is 0 Å². The third-order valence-electron chi connectivity index (χ3n) is 2.84. The van der Waals surface area contributed by atoms with Gasteiger partial charge >= 0.3 is 0 Å². The van der Waals surface area contributed by atoms with Crippen molar-refractivity contribution >= 4 is 5.78 Å². The highest BCUT2D eigenvalue weighted by Crippen LogP contribution is 2.55. The summed E-state index contributed by atoms with van der Waals surface area (Å²) < 4.78 is 0. The van der Waals surface area contributed by atoms with Gasteiger partial charge in [-0.2, -0.15) is 0 Å². The van der Waals surface area contributed by atoms with Crippen LogP contribution in [0.2, 0.25) is 0 Å². The molecule has 0 N–H and O–H groups in total. The first-order valence-corrected chi connectivity index (χ1v) is 4.15. The quantitative estimate of drug-likeness (QED) is 0.570. The third kappa shape index (κ3) is 0.882. The maximum atomic E-state index is 11.4. The maximum Gasteiger partial charge on any atom is 0.139 e. The van der Waals surface area contributed by atoms with Gasteiger partial charge in [0, 0.05) is 11.8 Å². The first-order chi connectivity index (χ1) is 4.61. The Bertz CT molecular complexity index is 177. The largest absolute Gasteiger partial charge is 0.299 e. The molecule has 1 atom stereocenters. The van der Waals surface area contributed by atoms with Crippen LogP contribution >= 0.6 is 0 Å². The Labute approximate surface area is 61.8 Å². The van der Waals surface area contributed by atoms with Crippen molar-refractivity contribution in [1.82, 2.24) is 0 Å². The van der Waals surface area contributed by atoms with Crippen LogP contribution in [0.15, 0.2) is 0 Å². The molecule has 0 heterocycles. The summed E-state index contributed by atoms with van der Waals surface area (Å²) in [5.74, 6) is 1.47. The second kappa shape index (κ2) is 1.63. The minimum atomic E-state index is 0.361. The van der Waals surface area contributed by atoms with E-state index in [4.69, 9.17) is 0 Å². The van der Waals surface area contributed by atoms with Gasteiger partial charge in [0.25, 0.3) is 0 Å². The summed E-state index contributed by atoms with van der Waals surface area (Å²) in [6.07, 6.45) is 3.49. The number of hydrogen-bond acceptors (Lipinski definition) is 1. The van der Waals surface area contributed by atoms with Crippen LogP contribution in [-0.2, 0) is 4.79 Å². The van der Waals surface area contributed by atoms with Crippen LogP contribution in [0.25, 0.3) is 0 Å². The molecule has 0 saturated heterocycles. The Balaban J connectivity index is 1.96. The lowest BCUT2D eigenvalue weighted by molar-refractivity contribution is -0.122. The summed E-state index contributed by atoms with van der Waals surface area (Å²) in [7, 11) is 0. The second-order valence-corrected chi connectivity index (χ2v) is 4.42. The SMILES string of the molecule is CC1(C)CC1C(=O)C1CC1. The zero-order valence-electron chi connectivity index (χ0n) is 6.68. The molecule has 2 aliphatic carbocycles. The smallest absolute Gasteiger partial charge is 0.139 e. The van der Waals surface area contributed by atoms with Crippen LogP contribution in [0, 0.1) is 17.3 Å². The molecule has 2 rings (SSSR count). The molecule has 2 aliphatic rings. The van der Waals surface area contributed by atoms with Crippen molar-refractivity contribution in [2.75, 3.05) is 0 Å². The highest BCUT2D eigenvalue weighted by molar-refractivity contribution is 5.88. The number of Topliss-reactive ketones (excluding diaryl/α,β-unsaturated/α-hetero) is 1. The fraction of sp³-hybridized carbons (Fsp3) is 0.889. The molecule has 0 aliphatic heterocycles. The Morgan fingerprint density at radius 3 is 2.20 bits per heavy atom. The lowest BCUT2D eigenvalue weighted by Gasteiger charge is -1.99. The Morgan fingerprint density at radius 1 is 1.40 bits per heavy atom. The summed E-state index contributed by atoms with van der Waals surface area (Å²) in [6.45, 7) is 4.38. The Morgan fingerprint density at radius 2 is 1.90 bits per heavy atom. The number of rotatable bonds is 2. The molecular formula is C9H14O. The third-order valence-corrected chi connectivity index (χ3v) is 2.84. The van der Waals surface area contributed by atoms with Crippen molar-refractivity contribution < 1.29 is 4.79 Å². The summed E-state index contributed by atoms with van der Waals surface area (Å²) in [4.78, 5) is 11.4. The average molecular weight is 138 g/mol. The zero-order chi connectivity index (χ0) is 7.35. The summed E-state index contributed by atoms with van der Waals surface area (Å²) >= 11 is 0. The van der Waals surface area contributed by atoms with Gasteiger partial charge in [0.1, 0.15) is 5.78 Å². The van der Waals surface area contributed by atoms with Crippen LogP contribution in [0.5, 0.6) is 0 Å². The highest BCUT2D eigenvalue weighted by Gasteiger charge is 2.53. The number of hydrogen-bond donors (Lipinski definition) is 0. The standard InChI is InChI=1S/C9H14O/c1-9(2)5-7(9)8(10)6-3-4-6/h6-7H,3-5H2,1-2H3. The molecule has 0 spiro atoms. The molecular weight excluding hydrogens is 124 g/mol. The van der Waals surface area contributed by atoms with Gasteiger partial charge in [0.05, 0.1) is 0 Å². The van der Waals surface area contributed by atoms with Gasteiger partial charge in [-0.05, 0) is 24.7 Å². The molecule has 2 fully saturated rings. The van der Waals surface area contributed by atoms with E-state index in [0.29, 0.717) is 23.0 Å². The summed E-state index contributed by atoms with van der Waals surface area (Å²) in [5.41, 5.74) is 0.361. The maximum absolute atomic E-state index is 11.4. The molecule has 10 heavy (non-hydrogen) atoms. The van der Waals surface area contributed by atoms with Gasteiger partial charge in [-0.3, -0.25) is 4.79 Å². The number of carbonyl (C=O) groups excluding carboxylic acids is 1. The number of ketones is 1. The molecule has 1 unspecified atom stereocenters. The molecule has 0 aromatic carbocycles. The Kier molecular flexibility index (Phi) is 1.04. The predicted octanol–water partition coefficient (Wildman–Crippen LogP) is 2.01. The van der Waals surface area contributed by atoms with Crippen LogP contribution in [-0.4, -0.2) is 5.78 Å². The molecule has 1 nitrogen and oxygen atoms in total. The van der Waals surface area contributed by atoms with Gasteiger partial charge in [0.15, 0.2) is 0 Å². The van der Waals surface area contributed by atoms with Crippen molar-refractivity contribution in [2.24, 2.45) is 17.3 Å². The van der Waals surface area contributed by atoms with E-state index in [0.717, 1.165) is 6.42 Å². The van der Waals surface area contributed by atoms with Crippen molar-refractivity contribution in [3.05, 3.63) is 0 Å². The fourth-order valence-corrected chi connectivity index (χ4v) is 1.61. The van der Waals surface area contributed by atoms with E-state index < -0.39 is 0 Å². The topological polar surface area (TPSA) is 17.1 Å². The van der Waals surface area contributed by atoms with Crippen molar-refractivity contribution in [3.63, 3.8) is 0 Å². The van der Waals surface area contributed by atoms with Gasteiger partial charge in [-0.25, -0.2) is 0 Å². The van der Waals surface area contributed by atoms with Gasteiger partial charge in [-0.15, -0.1) is 0 Å². The summed E-state index contributed by atoms with van der Waals surface area (Å²) in [6, 6.07) is 0. The van der Waals surface area contributed by atoms with E-state index in [1.165, 1.54) is 12.8 Å². The molecule has 0 bridgehead atoms. The first kappa shape index (κ1) is 6.38. The van der Waals surface area contributed by atoms with Gasteiger partial charge in [-0.1, -0.05) is 13.8 Å². The zero-order valence-corrected chi connectivity index (χ0v) is 6.68. The highest BCUT2D eigenvalue weighted by atomic mass is 16.1. The monoisotopic (exact) mass is 138 g/mol. The van der Waals surface area contributed by atoms with Crippen molar-refractivity contribution in [2.45, 2.75) is 33.1 Å². The lowest BCUT2D eigenvalue weighted by atomic mass is 10.0. The van der Waals surface area contributed by atoms with E-state index >= 15 is 0 Å². The number of carbonyl (C=O) groups is 1. The molecule has 0 amide bonds. The van der Waals surface area contributed by atoms with Crippen molar-refractivity contribution in [1.29, 1.82) is 0 Å². The minimum Gasteiger partial charge on any atom is -0.299 e. The normalized spacial score (nSPS) is 35.6. The second-order valence-electron chi connectivity index (χ2n) is 4.42. The minimum absolute atomic E-state index is 0.361. The predicted molar refractivity (Wildman–Crippen MR) is 39.6 cm³/mol. The molecule has 2 saturated carbocycles.